The van der Waals surface area contributed by atoms with Gasteiger partial charge in [0.05, 0.1) is 12.6 Å². The summed E-state index contributed by atoms with van der Waals surface area (Å²) >= 11 is 0. The molecule has 5 heteroatoms. The molecule has 0 aromatic heterocycles. The summed E-state index contributed by atoms with van der Waals surface area (Å²) in [4.78, 5) is 14.2. The molecule has 2 fully saturated rings. The number of carbonyl (C=O) groups is 1. The van der Waals surface area contributed by atoms with Gasteiger partial charge in [-0.3, -0.25) is 9.69 Å². The maximum absolute atomic E-state index is 13.2. The summed E-state index contributed by atoms with van der Waals surface area (Å²) in [5, 5.41) is 13.1. The highest BCUT2D eigenvalue weighted by Crippen LogP contribution is 2.40. The lowest BCUT2D eigenvalue weighted by atomic mass is 9.79. The van der Waals surface area contributed by atoms with Crippen LogP contribution in [0.15, 0.2) is 24.3 Å². The van der Waals surface area contributed by atoms with Crippen molar-refractivity contribution in [3.63, 3.8) is 0 Å². The molecule has 2 N–H and O–H groups in total. The van der Waals surface area contributed by atoms with Crippen molar-refractivity contribution >= 4 is 5.91 Å². The van der Waals surface area contributed by atoms with Gasteiger partial charge in [0, 0.05) is 18.5 Å². The number of aliphatic hydroxyl groups excluding tert-OH is 1. The molecule has 3 rings (SSSR count). The minimum atomic E-state index is -0.321. The molecule has 0 saturated heterocycles. The molecular formula is C20H29FN2O2. The van der Waals surface area contributed by atoms with Crippen molar-refractivity contribution in [2.75, 3.05) is 26.7 Å². The van der Waals surface area contributed by atoms with Gasteiger partial charge >= 0.3 is 0 Å². The topological polar surface area (TPSA) is 52.6 Å². The number of nitrogens with zero attached hydrogens (tertiary/aromatic N) is 1. The van der Waals surface area contributed by atoms with Crippen molar-refractivity contribution in [2.24, 2.45) is 5.92 Å². The monoisotopic (exact) mass is 348 g/mol. The van der Waals surface area contributed by atoms with Crippen LogP contribution in [0.25, 0.3) is 0 Å². The number of rotatable bonds is 8. The van der Waals surface area contributed by atoms with Crippen molar-refractivity contribution in [1.82, 2.24) is 10.2 Å². The molecule has 1 aromatic rings. The number of amides is 1. The van der Waals surface area contributed by atoms with Crippen LogP contribution in [-0.4, -0.2) is 48.7 Å². The lowest BCUT2D eigenvalue weighted by Crippen LogP contribution is -2.44. The Morgan fingerprint density at radius 3 is 2.56 bits per heavy atom. The molecule has 1 amide bonds. The maximum Gasteiger partial charge on any atom is 0.234 e. The van der Waals surface area contributed by atoms with Crippen LogP contribution in [-0.2, 0) is 10.2 Å². The van der Waals surface area contributed by atoms with E-state index in [1.54, 1.807) is 0 Å². The second-order valence-electron chi connectivity index (χ2n) is 7.87. The van der Waals surface area contributed by atoms with Crippen LogP contribution in [0.2, 0.25) is 0 Å². The number of hydrogen-bond acceptors (Lipinski definition) is 3. The largest absolute Gasteiger partial charge is 0.392 e. The summed E-state index contributed by atoms with van der Waals surface area (Å²) in [6.45, 7) is 1.43. The smallest absolute Gasteiger partial charge is 0.234 e. The normalized spacial score (nSPS) is 20.6. The number of halogens is 1. The van der Waals surface area contributed by atoms with Gasteiger partial charge in [-0.2, -0.15) is 0 Å². The van der Waals surface area contributed by atoms with E-state index in [2.05, 4.69) is 5.32 Å². The maximum atomic E-state index is 13.2. The van der Waals surface area contributed by atoms with Gasteiger partial charge in [0.1, 0.15) is 5.82 Å². The average Bonchev–Trinajstić information content (AvgIpc) is 3.32. The van der Waals surface area contributed by atoms with Crippen LogP contribution in [0.1, 0.15) is 44.1 Å². The van der Waals surface area contributed by atoms with E-state index < -0.39 is 0 Å². The van der Waals surface area contributed by atoms with Gasteiger partial charge in [0.15, 0.2) is 0 Å². The highest BCUT2D eigenvalue weighted by Gasteiger charge is 2.36. The Morgan fingerprint density at radius 1 is 1.32 bits per heavy atom. The van der Waals surface area contributed by atoms with Crippen LogP contribution in [0.3, 0.4) is 0 Å². The van der Waals surface area contributed by atoms with E-state index in [1.807, 2.05) is 24.1 Å². The molecule has 25 heavy (non-hydrogen) atoms. The minimum Gasteiger partial charge on any atom is -0.392 e. The molecule has 138 valence electrons. The van der Waals surface area contributed by atoms with E-state index in [9.17, 15) is 14.3 Å². The predicted octanol–water partition coefficient (Wildman–Crippen LogP) is 2.46. The van der Waals surface area contributed by atoms with Crippen LogP contribution in [0.4, 0.5) is 4.39 Å². The number of carbonyl (C=O) groups excluding carboxylic acids is 1. The first-order chi connectivity index (χ1) is 12.0. The molecule has 1 atom stereocenters. The number of benzene rings is 1. The molecular weight excluding hydrogens is 319 g/mol. The summed E-state index contributed by atoms with van der Waals surface area (Å²) in [7, 11) is 1.87. The lowest BCUT2D eigenvalue weighted by molar-refractivity contribution is -0.122. The predicted molar refractivity (Wildman–Crippen MR) is 95.8 cm³/mol. The SMILES string of the molecule is CN(CC(=O)NCC1(c2ccc(F)cc2)CCCC1)CC(O)C1CC1. The van der Waals surface area contributed by atoms with Crippen LogP contribution >= 0.6 is 0 Å². The molecule has 2 aliphatic rings. The number of hydrogen-bond donors (Lipinski definition) is 2. The van der Waals surface area contributed by atoms with Crippen molar-refractivity contribution in [2.45, 2.75) is 50.0 Å². The second kappa shape index (κ2) is 7.83. The van der Waals surface area contributed by atoms with Gasteiger partial charge in [-0.05, 0) is 56.3 Å². The van der Waals surface area contributed by atoms with Crippen molar-refractivity contribution in [3.05, 3.63) is 35.6 Å². The van der Waals surface area contributed by atoms with Crippen LogP contribution < -0.4 is 5.32 Å². The number of likely N-dealkylation sites (N-methyl/N-ethyl adjacent to an activating group) is 1. The third kappa shape index (κ3) is 4.79. The number of aliphatic hydroxyl groups is 1. The second-order valence-corrected chi connectivity index (χ2v) is 7.87. The zero-order valence-electron chi connectivity index (χ0n) is 15.0. The van der Waals surface area contributed by atoms with Gasteiger partial charge in [0.2, 0.25) is 5.91 Å². The van der Waals surface area contributed by atoms with Crippen LogP contribution in [0.5, 0.6) is 0 Å². The third-order valence-corrected chi connectivity index (χ3v) is 5.72. The fourth-order valence-electron chi connectivity index (χ4n) is 4.01. The van der Waals surface area contributed by atoms with Crippen molar-refractivity contribution in [1.29, 1.82) is 0 Å². The minimum absolute atomic E-state index is 0.0149. The fraction of sp³-hybridized carbons (Fsp3) is 0.650. The summed E-state index contributed by atoms with van der Waals surface area (Å²) in [5.74, 6) is 0.182. The Balaban J connectivity index is 1.52. The standard InChI is InChI=1S/C20H29FN2O2/c1-23(12-18(24)15-4-5-15)13-19(25)22-14-20(10-2-3-11-20)16-6-8-17(21)9-7-16/h6-9,15,18,24H,2-5,10-14H2,1H3,(H,22,25). The molecule has 1 unspecified atom stereocenters. The number of nitrogens with one attached hydrogen (secondary N) is 1. The molecule has 4 nitrogen and oxygen atoms in total. The van der Waals surface area contributed by atoms with Gasteiger partial charge < -0.3 is 10.4 Å². The lowest BCUT2D eigenvalue weighted by Gasteiger charge is -2.30. The van der Waals surface area contributed by atoms with E-state index in [0.717, 1.165) is 44.1 Å². The Labute approximate surface area is 149 Å². The molecule has 0 spiro atoms. The fourth-order valence-corrected chi connectivity index (χ4v) is 4.01. The highest BCUT2D eigenvalue weighted by atomic mass is 19.1. The Morgan fingerprint density at radius 2 is 1.96 bits per heavy atom. The molecule has 0 heterocycles. The zero-order valence-corrected chi connectivity index (χ0v) is 15.0. The molecule has 2 aliphatic carbocycles. The summed E-state index contributed by atoms with van der Waals surface area (Å²) < 4.78 is 13.2. The quantitative estimate of drug-likeness (QED) is 0.759. The van der Waals surface area contributed by atoms with E-state index >= 15 is 0 Å². The molecule has 0 bridgehead atoms. The Bertz CT molecular complexity index is 580. The summed E-state index contributed by atoms with van der Waals surface area (Å²) in [6.07, 6.45) is 6.20. The van der Waals surface area contributed by atoms with Gasteiger partial charge in [-0.15, -0.1) is 0 Å². The van der Waals surface area contributed by atoms with Crippen molar-refractivity contribution < 1.29 is 14.3 Å². The van der Waals surface area contributed by atoms with Gasteiger partial charge in [-0.25, -0.2) is 4.39 Å². The molecule has 0 aliphatic heterocycles. The van der Waals surface area contributed by atoms with Gasteiger partial charge in [0.25, 0.3) is 0 Å². The van der Waals surface area contributed by atoms with Crippen LogP contribution in [0, 0.1) is 11.7 Å². The van der Waals surface area contributed by atoms with Gasteiger partial charge in [-0.1, -0.05) is 25.0 Å². The molecule has 1 aromatic carbocycles. The van der Waals surface area contributed by atoms with E-state index in [-0.39, 0.29) is 23.2 Å². The summed E-state index contributed by atoms with van der Waals surface area (Å²) in [6, 6.07) is 6.71. The van der Waals surface area contributed by atoms with Crippen molar-refractivity contribution in [3.8, 4) is 0 Å². The first kappa shape index (κ1) is 18.3. The molecule has 0 radical (unpaired) electrons. The first-order valence-corrected chi connectivity index (χ1v) is 9.38. The average molecular weight is 348 g/mol. The first-order valence-electron chi connectivity index (χ1n) is 9.38. The Hall–Kier alpha value is -1.46. The highest BCUT2D eigenvalue weighted by molar-refractivity contribution is 5.78. The van der Waals surface area contributed by atoms with E-state index in [1.165, 1.54) is 12.1 Å². The summed E-state index contributed by atoms with van der Waals surface area (Å²) in [5.41, 5.74) is 1.04. The van der Waals surface area contributed by atoms with E-state index in [4.69, 9.17) is 0 Å². The third-order valence-electron chi connectivity index (χ3n) is 5.72. The van der Waals surface area contributed by atoms with E-state index in [0.29, 0.717) is 25.6 Å². The zero-order chi connectivity index (χ0) is 17.9. The Kier molecular flexibility index (Phi) is 5.74. The molecule has 2 saturated carbocycles.